The molecule has 1 unspecified atom stereocenters. The maximum Gasteiger partial charge on any atom is 0.239 e. The normalized spacial score (nSPS) is 12.1. The summed E-state index contributed by atoms with van der Waals surface area (Å²) in [5, 5.41) is 11.7. The Balaban J connectivity index is 1.57. The number of halogens is 2. The number of benzene rings is 2. The van der Waals surface area contributed by atoms with Crippen LogP contribution in [0, 0.1) is 12.8 Å². The molecule has 3 rings (SSSR count). The van der Waals surface area contributed by atoms with Crippen molar-refractivity contribution < 1.29 is 4.79 Å². The quantitative estimate of drug-likeness (QED) is 0.436. The molecule has 1 amide bonds. The van der Waals surface area contributed by atoms with Crippen LogP contribution in [-0.4, -0.2) is 22.2 Å². The Morgan fingerprint density at radius 1 is 1.06 bits per heavy atom. The number of nitrogens with one attached hydrogen (secondary N) is 2. The standard InChI is InChI=1S/C24H28Cl2N4O/c1-15(2)11-18-5-7-19(8-6-18)17(4)28-24(31)14-27-23-12-16(3)30(29-23)22-10-9-20(25)13-21(22)26/h5-10,12-13,15,17H,11,14H2,1-4H3,(H,27,29)(H,28,31). The smallest absolute Gasteiger partial charge is 0.239 e. The maximum absolute atomic E-state index is 12.4. The molecule has 2 N–H and O–H groups in total. The van der Waals surface area contributed by atoms with Gasteiger partial charge in [0.05, 0.1) is 23.3 Å². The van der Waals surface area contributed by atoms with Crippen LogP contribution in [0.1, 0.15) is 43.6 Å². The second-order valence-electron chi connectivity index (χ2n) is 8.16. The molecule has 1 heterocycles. The Hall–Kier alpha value is -2.50. The number of anilines is 1. The highest BCUT2D eigenvalue weighted by Gasteiger charge is 2.13. The number of aryl methyl sites for hydroxylation is 1. The Morgan fingerprint density at radius 2 is 1.77 bits per heavy atom. The minimum Gasteiger partial charge on any atom is -0.360 e. The second kappa shape index (κ2) is 10.2. The third kappa shape index (κ3) is 6.25. The highest BCUT2D eigenvalue weighted by atomic mass is 35.5. The van der Waals surface area contributed by atoms with Crippen molar-refractivity contribution in [1.29, 1.82) is 0 Å². The summed E-state index contributed by atoms with van der Waals surface area (Å²) in [7, 11) is 0. The van der Waals surface area contributed by atoms with Crippen LogP contribution in [0.15, 0.2) is 48.5 Å². The zero-order valence-corrected chi connectivity index (χ0v) is 19.8. The van der Waals surface area contributed by atoms with Gasteiger partial charge in [-0.25, -0.2) is 4.68 Å². The molecule has 0 bridgehead atoms. The van der Waals surface area contributed by atoms with Crippen LogP contribution in [0.5, 0.6) is 0 Å². The third-order valence-electron chi connectivity index (χ3n) is 4.96. The van der Waals surface area contributed by atoms with E-state index < -0.39 is 0 Å². The molecular weight excluding hydrogens is 431 g/mol. The van der Waals surface area contributed by atoms with Gasteiger partial charge in [0.15, 0.2) is 0 Å². The summed E-state index contributed by atoms with van der Waals surface area (Å²) in [4.78, 5) is 12.4. The zero-order chi connectivity index (χ0) is 22.5. The van der Waals surface area contributed by atoms with E-state index in [1.165, 1.54) is 5.56 Å². The fraction of sp³-hybridized carbons (Fsp3) is 0.333. The summed E-state index contributed by atoms with van der Waals surface area (Å²) >= 11 is 12.3. The molecule has 1 aromatic heterocycles. The van der Waals surface area contributed by atoms with E-state index in [9.17, 15) is 4.79 Å². The number of nitrogens with zero attached hydrogens (tertiary/aromatic N) is 2. The average molecular weight is 459 g/mol. The Labute approximate surface area is 193 Å². The molecule has 0 spiro atoms. The summed E-state index contributed by atoms with van der Waals surface area (Å²) < 4.78 is 1.72. The van der Waals surface area contributed by atoms with E-state index >= 15 is 0 Å². The lowest BCUT2D eigenvalue weighted by atomic mass is 10.00. The lowest BCUT2D eigenvalue weighted by Crippen LogP contribution is -2.32. The van der Waals surface area contributed by atoms with Gasteiger partial charge in [-0.15, -0.1) is 0 Å². The van der Waals surface area contributed by atoms with Crippen LogP contribution in [0.25, 0.3) is 5.69 Å². The minimum atomic E-state index is -0.101. The molecule has 0 saturated carbocycles. The molecule has 2 aromatic carbocycles. The van der Waals surface area contributed by atoms with E-state index in [0.29, 0.717) is 21.8 Å². The zero-order valence-electron chi connectivity index (χ0n) is 18.2. The molecule has 0 fully saturated rings. The number of aromatic nitrogens is 2. The summed E-state index contributed by atoms with van der Waals surface area (Å²) in [6.07, 6.45) is 1.05. The lowest BCUT2D eigenvalue weighted by Gasteiger charge is -2.15. The van der Waals surface area contributed by atoms with Gasteiger partial charge < -0.3 is 10.6 Å². The molecule has 0 aliphatic carbocycles. The van der Waals surface area contributed by atoms with Crippen molar-refractivity contribution in [2.75, 3.05) is 11.9 Å². The van der Waals surface area contributed by atoms with Crippen molar-refractivity contribution in [2.24, 2.45) is 5.92 Å². The van der Waals surface area contributed by atoms with Gasteiger partial charge in [-0.2, -0.15) is 5.10 Å². The maximum atomic E-state index is 12.4. The summed E-state index contributed by atoms with van der Waals surface area (Å²) in [5.41, 5.74) is 4.02. The van der Waals surface area contributed by atoms with Crippen molar-refractivity contribution >= 4 is 34.9 Å². The van der Waals surface area contributed by atoms with Crippen molar-refractivity contribution in [3.8, 4) is 5.69 Å². The summed E-state index contributed by atoms with van der Waals surface area (Å²) in [6.45, 7) is 8.45. The van der Waals surface area contributed by atoms with Gasteiger partial charge in [0.25, 0.3) is 0 Å². The number of rotatable bonds is 8. The van der Waals surface area contributed by atoms with Gasteiger partial charge in [-0.1, -0.05) is 61.3 Å². The van der Waals surface area contributed by atoms with E-state index in [4.69, 9.17) is 23.2 Å². The van der Waals surface area contributed by atoms with Crippen molar-refractivity contribution in [1.82, 2.24) is 15.1 Å². The van der Waals surface area contributed by atoms with Crippen molar-refractivity contribution in [3.05, 3.63) is 75.4 Å². The van der Waals surface area contributed by atoms with E-state index in [0.717, 1.165) is 23.4 Å². The van der Waals surface area contributed by atoms with Crippen LogP contribution in [-0.2, 0) is 11.2 Å². The van der Waals surface area contributed by atoms with Gasteiger partial charge in [-0.05, 0) is 55.5 Å². The van der Waals surface area contributed by atoms with Crippen LogP contribution in [0.4, 0.5) is 5.82 Å². The SMILES string of the molecule is Cc1cc(NCC(=O)NC(C)c2ccc(CC(C)C)cc2)nn1-c1ccc(Cl)cc1Cl. The predicted molar refractivity (Wildman–Crippen MR) is 128 cm³/mol. The number of hydrogen-bond acceptors (Lipinski definition) is 3. The van der Waals surface area contributed by atoms with E-state index in [2.05, 4.69) is 53.8 Å². The first-order chi connectivity index (χ1) is 14.7. The first kappa shape index (κ1) is 23.2. The predicted octanol–water partition coefficient (Wildman–Crippen LogP) is 5.98. The van der Waals surface area contributed by atoms with Crippen LogP contribution in [0.3, 0.4) is 0 Å². The highest BCUT2D eigenvalue weighted by molar-refractivity contribution is 6.35. The molecule has 5 nitrogen and oxygen atoms in total. The van der Waals surface area contributed by atoms with Gasteiger partial charge in [-0.3, -0.25) is 4.79 Å². The van der Waals surface area contributed by atoms with E-state index in [1.807, 2.05) is 26.0 Å². The van der Waals surface area contributed by atoms with Gasteiger partial charge in [0, 0.05) is 16.8 Å². The molecule has 7 heteroatoms. The molecule has 164 valence electrons. The Bertz CT molecular complexity index is 1040. The molecule has 0 aliphatic rings. The Kier molecular flexibility index (Phi) is 7.63. The van der Waals surface area contributed by atoms with Gasteiger partial charge in [0.1, 0.15) is 5.82 Å². The second-order valence-corrected chi connectivity index (χ2v) is 9.00. The van der Waals surface area contributed by atoms with Crippen molar-refractivity contribution in [2.45, 2.75) is 40.2 Å². The number of carbonyl (C=O) groups is 1. The molecule has 0 saturated heterocycles. The highest BCUT2D eigenvalue weighted by Crippen LogP contribution is 2.26. The number of amides is 1. The number of hydrogen-bond donors (Lipinski definition) is 2. The van der Waals surface area contributed by atoms with E-state index in [-0.39, 0.29) is 18.5 Å². The molecule has 3 aromatic rings. The summed E-state index contributed by atoms with van der Waals surface area (Å²) in [6, 6.07) is 15.5. The molecule has 0 aliphatic heterocycles. The average Bonchev–Trinajstić information content (AvgIpc) is 3.07. The first-order valence-corrected chi connectivity index (χ1v) is 11.1. The molecule has 1 atom stereocenters. The monoisotopic (exact) mass is 458 g/mol. The number of carbonyl (C=O) groups excluding carboxylic acids is 1. The fourth-order valence-corrected chi connectivity index (χ4v) is 3.91. The fourth-order valence-electron chi connectivity index (χ4n) is 3.42. The largest absolute Gasteiger partial charge is 0.360 e. The third-order valence-corrected chi connectivity index (χ3v) is 5.49. The first-order valence-electron chi connectivity index (χ1n) is 10.4. The molecule has 31 heavy (non-hydrogen) atoms. The van der Waals surface area contributed by atoms with Gasteiger partial charge >= 0.3 is 0 Å². The Morgan fingerprint density at radius 3 is 2.42 bits per heavy atom. The van der Waals surface area contributed by atoms with Crippen LogP contribution < -0.4 is 10.6 Å². The van der Waals surface area contributed by atoms with Crippen molar-refractivity contribution in [3.63, 3.8) is 0 Å². The van der Waals surface area contributed by atoms with E-state index in [1.54, 1.807) is 16.8 Å². The lowest BCUT2D eigenvalue weighted by molar-refractivity contribution is -0.120. The van der Waals surface area contributed by atoms with Crippen LogP contribution >= 0.6 is 23.2 Å². The van der Waals surface area contributed by atoms with Gasteiger partial charge in [0.2, 0.25) is 5.91 Å². The molecule has 0 radical (unpaired) electrons. The molecular formula is C24H28Cl2N4O. The van der Waals surface area contributed by atoms with Crippen LogP contribution in [0.2, 0.25) is 10.0 Å². The minimum absolute atomic E-state index is 0.0745. The summed E-state index contributed by atoms with van der Waals surface area (Å²) in [5.74, 6) is 1.12. The topological polar surface area (TPSA) is 59.0 Å².